The number of carbonyl (C=O) groups is 1. The van der Waals surface area contributed by atoms with Crippen molar-refractivity contribution in [3.05, 3.63) is 88.8 Å². The number of benzene rings is 2. The fourth-order valence-electron chi connectivity index (χ4n) is 8.89. The van der Waals surface area contributed by atoms with Crippen molar-refractivity contribution < 1.29 is 14.3 Å². The molecule has 2 saturated carbocycles. The Morgan fingerprint density at radius 1 is 1.18 bits per heavy atom. The van der Waals surface area contributed by atoms with Gasteiger partial charge in [0, 0.05) is 24.4 Å². The third-order valence-electron chi connectivity index (χ3n) is 10.6. The van der Waals surface area contributed by atoms with Gasteiger partial charge in [-0.3, -0.25) is 9.69 Å². The van der Waals surface area contributed by atoms with E-state index < -0.39 is 0 Å². The summed E-state index contributed by atoms with van der Waals surface area (Å²) in [6.07, 6.45) is 12.6. The monoisotopic (exact) mass is 519 g/mol. The van der Waals surface area contributed by atoms with E-state index in [2.05, 4.69) is 35.2 Å². The lowest BCUT2D eigenvalue weighted by atomic mass is 9.46. The number of hydrogen-bond donors (Lipinski definition) is 0. The number of fused-ring (bicyclic) bond motifs is 1. The highest BCUT2D eigenvalue weighted by molar-refractivity contribution is 5.95. The molecule has 4 fully saturated rings. The normalized spacial score (nSPS) is 33.7. The van der Waals surface area contributed by atoms with E-state index in [0.717, 1.165) is 49.7 Å². The van der Waals surface area contributed by atoms with Crippen LogP contribution in [0.3, 0.4) is 0 Å². The summed E-state index contributed by atoms with van der Waals surface area (Å²) in [6, 6.07) is 16.2. The van der Waals surface area contributed by atoms with Gasteiger partial charge in [0.2, 0.25) is 0 Å². The molecule has 4 bridgehead atoms. The molecule has 6 heteroatoms. The predicted molar refractivity (Wildman–Crippen MR) is 146 cm³/mol. The first-order valence-electron chi connectivity index (χ1n) is 14.4. The Labute approximate surface area is 229 Å². The maximum absolute atomic E-state index is 14.0. The topological polar surface area (TPSA) is 65.8 Å². The number of piperidine rings is 1. The molecule has 0 N–H and O–H groups in total. The number of methoxy groups -OCH3 is 1. The molecule has 2 aromatic carbocycles. The van der Waals surface area contributed by atoms with E-state index in [4.69, 9.17) is 9.47 Å². The van der Waals surface area contributed by atoms with Crippen molar-refractivity contribution >= 4 is 5.91 Å². The van der Waals surface area contributed by atoms with Gasteiger partial charge in [-0.1, -0.05) is 12.1 Å². The number of amides is 1. The smallest absolute Gasteiger partial charge is 0.258 e. The number of likely N-dealkylation sites (tertiary alicyclic amines) is 1. The quantitative estimate of drug-likeness (QED) is 0.572. The van der Waals surface area contributed by atoms with Crippen LogP contribution in [0.15, 0.2) is 66.6 Å². The highest BCUT2D eigenvalue weighted by Gasteiger charge is 2.76. The van der Waals surface area contributed by atoms with Gasteiger partial charge in [0.1, 0.15) is 17.1 Å². The van der Waals surface area contributed by atoms with Crippen molar-refractivity contribution in [1.82, 2.24) is 9.80 Å². The fourth-order valence-corrected chi connectivity index (χ4v) is 8.89. The molecular formula is C33H33N3O3. The molecule has 3 aliphatic heterocycles. The van der Waals surface area contributed by atoms with Crippen molar-refractivity contribution in [2.75, 3.05) is 20.2 Å². The highest BCUT2D eigenvalue weighted by Crippen LogP contribution is 2.69. The summed E-state index contributed by atoms with van der Waals surface area (Å²) >= 11 is 0. The van der Waals surface area contributed by atoms with Gasteiger partial charge in [-0.25, -0.2) is 0 Å². The zero-order valence-electron chi connectivity index (χ0n) is 22.3. The third-order valence-corrected chi connectivity index (χ3v) is 10.6. The number of hydrogen-bond acceptors (Lipinski definition) is 5. The molecule has 198 valence electrons. The number of allylic oxidation sites excluding steroid dienone is 2. The molecule has 6 nitrogen and oxygen atoms in total. The molecule has 3 aliphatic carbocycles. The molecule has 6 aliphatic rings. The van der Waals surface area contributed by atoms with Crippen LogP contribution in [-0.2, 0) is 16.6 Å². The Morgan fingerprint density at radius 2 is 2.08 bits per heavy atom. The first kappa shape index (κ1) is 23.3. The van der Waals surface area contributed by atoms with Crippen molar-refractivity contribution in [3.63, 3.8) is 0 Å². The molecule has 1 amide bonds. The first-order valence-corrected chi connectivity index (χ1v) is 14.4. The van der Waals surface area contributed by atoms with E-state index in [1.54, 1.807) is 25.3 Å². The van der Waals surface area contributed by atoms with Crippen LogP contribution in [0.1, 0.15) is 59.2 Å². The van der Waals surface area contributed by atoms with Gasteiger partial charge in [-0.15, -0.1) is 0 Å². The Kier molecular flexibility index (Phi) is 4.92. The Balaban J connectivity index is 1.28. The number of rotatable bonds is 4. The summed E-state index contributed by atoms with van der Waals surface area (Å²) in [5.41, 5.74) is 3.31. The average Bonchev–Trinajstić information content (AvgIpc) is 3.79. The molecular weight excluding hydrogens is 486 g/mol. The first-order chi connectivity index (χ1) is 19.1. The molecule has 3 heterocycles. The minimum Gasteiger partial charge on any atom is -0.497 e. The molecule has 2 saturated heterocycles. The summed E-state index contributed by atoms with van der Waals surface area (Å²) in [7, 11) is 1.74. The van der Waals surface area contributed by atoms with Crippen molar-refractivity contribution in [2.45, 2.75) is 61.6 Å². The lowest BCUT2D eigenvalue weighted by Crippen LogP contribution is -2.74. The van der Waals surface area contributed by atoms with Gasteiger partial charge in [0.05, 0.1) is 36.1 Å². The van der Waals surface area contributed by atoms with Crippen LogP contribution in [0.5, 0.6) is 5.75 Å². The second kappa shape index (κ2) is 8.22. The third kappa shape index (κ3) is 3.08. The van der Waals surface area contributed by atoms with Gasteiger partial charge in [0.25, 0.3) is 5.91 Å². The van der Waals surface area contributed by atoms with Gasteiger partial charge in [-0.05, 0) is 105 Å². The second-order valence-corrected chi connectivity index (χ2v) is 12.3. The van der Waals surface area contributed by atoms with Crippen molar-refractivity contribution in [3.8, 4) is 11.8 Å². The Hall–Kier alpha value is -3.56. The lowest BCUT2D eigenvalue weighted by molar-refractivity contribution is -0.145. The van der Waals surface area contributed by atoms with Crippen molar-refractivity contribution in [1.29, 1.82) is 5.26 Å². The molecule has 39 heavy (non-hydrogen) atoms. The SMILES string of the molecule is COc1ccc2c(c1)C13CCN(CC4CC4)C(C2)[C@@]12CCC1C3C(=CC=CN1C(=O)c1cccc(C#N)c1)O2. The summed E-state index contributed by atoms with van der Waals surface area (Å²) < 4.78 is 13.0. The average molecular weight is 520 g/mol. The standard InChI is InChI=1S/C33H33N3O3/c1-38-25-10-9-23-17-29-33-12-11-27-30(32(33,26(23)18-25)13-15-35(29)20-21-7-8-21)28(39-33)6-3-14-36(27)31(37)24-5-2-4-22(16-24)19-34/h2-6,9-10,14,16,18,21,27,29-30H,7-8,11-13,15,17,20H2,1H3/t27?,29?,30?,32?,33-/m0/s1. The van der Waals surface area contributed by atoms with Crippen LogP contribution in [-0.4, -0.2) is 53.6 Å². The zero-order chi connectivity index (χ0) is 26.4. The molecule has 0 radical (unpaired) electrons. The Morgan fingerprint density at radius 3 is 2.90 bits per heavy atom. The van der Waals surface area contributed by atoms with Crippen LogP contribution >= 0.6 is 0 Å². The van der Waals surface area contributed by atoms with E-state index in [0.29, 0.717) is 17.2 Å². The maximum Gasteiger partial charge on any atom is 0.258 e. The van der Waals surface area contributed by atoms with Crippen LogP contribution in [0.2, 0.25) is 0 Å². The summed E-state index contributed by atoms with van der Waals surface area (Å²) in [5, 5.41) is 9.44. The lowest BCUT2D eigenvalue weighted by Gasteiger charge is -2.64. The fraction of sp³-hybridized carbons (Fsp3) is 0.455. The van der Waals surface area contributed by atoms with Crippen molar-refractivity contribution in [2.24, 2.45) is 11.8 Å². The number of ether oxygens (including phenoxy) is 2. The van der Waals surface area contributed by atoms with E-state index in [1.165, 1.54) is 30.5 Å². The maximum atomic E-state index is 14.0. The number of nitriles is 1. The van der Waals surface area contributed by atoms with E-state index in [-0.39, 0.29) is 28.9 Å². The molecule has 0 aromatic heterocycles. The molecule has 0 spiro atoms. The van der Waals surface area contributed by atoms with Crippen LogP contribution in [0, 0.1) is 23.2 Å². The largest absolute Gasteiger partial charge is 0.497 e. The van der Waals surface area contributed by atoms with Gasteiger partial charge in [0.15, 0.2) is 0 Å². The molecule has 8 rings (SSSR count). The second-order valence-electron chi connectivity index (χ2n) is 12.3. The van der Waals surface area contributed by atoms with Crippen LogP contribution < -0.4 is 4.74 Å². The highest BCUT2D eigenvalue weighted by atomic mass is 16.5. The zero-order valence-corrected chi connectivity index (χ0v) is 22.3. The van der Waals surface area contributed by atoms with E-state index in [9.17, 15) is 10.1 Å². The van der Waals surface area contributed by atoms with Gasteiger partial charge in [-0.2, -0.15) is 5.26 Å². The molecule has 4 unspecified atom stereocenters. The Bertz CT molecular complexity index is 1490. The van der Waals surface area contributed by atoms with E-state index in [1.807, 2.05) is 23.2 Å². The van der Waals surface area contributed by atoms with Crippen LogP contribution in [0.4, 0.5) is 0 Å². The summed E-state index contributed by atoms with van der Waals surface area (Å²) in [4.78, 5) is 18.7. The predicted octanol–water partition coefficient (Wildman–Crippen LogP) is 4.95. The van der Waals surface area contributed by atoms with Gasteiger partial charge >= 0.3 is 0 Å². The summed E-state index contributed by atoms with van der Waals surface area (Å²) in [6.45, 7) is 2.23. The van der Waals surface area contributed by atoms with Gasteiger partial charge < -0.3 is 14.4 Å². The minimum absolute atomic E-state index is 0.0170. The molecule has 2 aromatic rings. The minimum atomic E-state index is -0.298. The summed E-state index contributed by atoms with van der Waals surface area (Å²) in [5.74, 6) is 2.76. The number of nitrogens with zero attached hydrogens (tertiary/aromatic N) is 3. The number of carbonyl (C=O) groups excluding carboxylic acids is 1. The van der Waals surface area contributed by atoms with E-state index >= 15 is 0 Å². The van der Waals surface area contributed by atoms with Crippen LogP contribution in [0.25, 0.3) is 0 Å². The molecule has 5 atom stereocenters.